The van der Waals surface area contributed by atoms with E-state index < -0.39 is 23.1 Å². The van der Waals surface area contributed by atoms with Crippen molar-refractivity contribution in [3.05, 3.63) is 35.9 Å². The first-order chi connectivity index (χ1) is 10.7. The first-order valence-corrected chi connectivity index (χ1v) is 8.85. The summed E-state index contributed by atoms with van der Waals surface area (Å²) in [6.45, 7) is 5.29. The molecule has 0 aromatic heterocycles. The Balaban J connectivity index is 2.99. The van der Waals surface area contributed by atoms with Crippen LogP contribution in [-0.4, -0.2) is 41.3 Å². The molecule has 0 saturated carbocycles. The van der Waals surface area contributed by atoms with E-state index in [1.807, 2.05) is 12.3 Å². The van der Waals surface area contributed by atoms with E-state index >= 15 is 0 Å². The molecule has 1 rings (SSSR count). The summed E-state index contributed by atoms with van der Waals surface area (Å²) in [6, 6.07) is 9.02. The second-order valence-corrected chi connectivity index (χ2v) is 7.34. The predicted molar refractivity (Wildman–Crippen MR) is 93.0 cm³/mol. The SMILES string of the molecule is CSCCC(CNC(=O)OC(C)(C)C)(C(=O)O)c1ccccc1. The number of hydrogen-bond donors (Lipinski definition) is 2. The van der Waals surface area contributed by atoms with Gasteiger partial charge in [0.15, 0.2) is 0 Å². The number of thioether (sulfide) groups is 1. The maximum atomic E-state index is 12.0. The van der Waals surface area contributed by atoms with Gasteiger partial charge in [-0.3, -0.25) is 4.79 Å². The van der Waals surface area contributed by atoms with Crippen LogP contribution < -0.4 is 5.32 Å². The largest absolute Gasteiger partial charge is 0.481 e. The zero-order valence-corrected chi connectivity index (χ0v) is 14.9. The molecule has 0 aliphatic carbocycles. The van der Waals surface area contributed by atoms with Crippen molar-refractivity contribution >= 4 is 23.8 Å². The molecule has 0 bridgehead atoms. The molecule has 0 heterocycles. The molecule has 5 nitrogen and oxygen atoms in total. The van der Waals surface area contributed by atoms with E-state index in [-0.39, 0.29) is 6.54 Å². The third-order valence-electron chi connectivity index (χ3n) is 3.40. The molecule has 1 amide bonds. The normalized spacial score (nSPS) is 13.9. The molecule has 1 aromatic rings. The highest BCUT2D eigenvalue weighted by Gasteiger charge is 2.40. The van der Waals surface area contributed by atoms with Gasteiger partial charge >= 0.3 is 12.1 Å². The standard InChI is InChI=1S/C17H25NO4S/c1-16(2,3)22-15(21)18-12-17(14(19)20,10-11-23-4)13-8-6-5-7-9-13/h5-9H,10-12H2,1-4H3,(H,18,21)(H,19,20). The molecular formula is C17H25NO4S. The second-order valence-electron chi connectivity index (χ2n) is 6.35. The summed E-state index contributed by atoms with van der Waals surface area (Å²) < 4.78 is 5.21. The van der Waals surface area contributed by atoms with E-state index in [1.54, 1.807) is 56.8 Å². The fourth-order valence-electron chi connectivity index (χ4n) is 2.21. The molecular weight excluding hydrogens is 314 g/mol. The molecule has 1 atom stereocenters. The number of carboxylic acids is 1. The van der Waals surface area contributed by atoms with Crippen molar-refractivity contribution < 1.29 is 19.4 Å². The number of carbonyl (C=O) groups excluding carboxylic acids is 1. The van der Waals surface area contributed by atoms with Gasteiger partial charge in [0.25, 0.3) is 0 Å². The molecule has 6 heteroatoms. The lowest BCUT2D eigenvalue weighted by Crippen LogP contribution is -2.48. The van der Waals surface area contributed by atoms with Gasteiger partial charge in [-0.05, 0) is 44.8 Å². The minimum Gasteiger partial charge on any atom is -0.481 e. The van der Waals surface area contributed by atoms with Crippen LogP contribution in [-0.2, 0) is 14.9 Å². The minimum atomic E-state index is -1.17. The van der Waals surface area contributed by atoms with Crippen LogP contribution in [0.5, 0.6) is 0 Å². The molecule has 1 aromatic carbocycles. The molecule has 0 aliphatic heterocycles. The van der Waals surface area contributed by atoms with Gasteiger partial charge in [0.05, 0.1) is 0 Å². The van der Waals surface area contributed by atoms with Crippen LogP contribution in [0.4, 0.5) is 4.79 Å². The molecule has 0 fully saturated rings. The predicted octanol–water partition coefficient (Wildman–Crippen LogP) is 3.29. The molecule has 0 spiro atoms. The van der Waals surface area contributed by atoms with Gasteiger partial charge in [0, 0.05) is 6.54 Å². The van der Waals surface area contributed by atoms with E-state index in [1.165, 1.54) is 0 Å². The van der Waals surface area contributed by atoms with Crippen molar-refractivity contribution in [1.82, 2.24) is 5.32 Å². The summed E-state index contributed by atoms with van der Waals surface area (Å²) in [5, 5.41) is 12.5. The first kappa shape index (κ1) is 19.4. The number of carbonyl (C=O) groups is 2. The number of ether oxygens (including phenoxy) is 1. The molecule has 0 aliphatic rings. The van der Waals surface area contributed by atoms with Crippen LogP contribution >= 0.6 is 11.8 Å². The number of aliphatic carboxylic acids is 1. The van der Waals surface area contributed by atoms with E-state index in [0.29, 0.717) is 17.7 Å². The third-order valence-corrected chi connectivity index (χ3v) is 4.01. The van der Waals surface area contributed by atoms with Crippen LogP contribution in [0, 0.1) is 0 Å². The third kappa shape index (κ3) is 5.78. The summed E-state index contributed by atoms with van der Waals surface area (Å²) in [5.41, 5.74) is -1.11. The number of alkyl carbamates (subject to hydrolysis) is 1. The van der Waals surface area contributed by atoms with Crippen LogP contribution in [0.3, 0.4) is 0 Å². The van der Waals surface area contributed by atoms with Gasteiger partial charge in [-0.25, -0.2) is 4.79 Å². The van der Waals surface area contributed by atoms with Gasteiger partial charge in [0.1, 0.15) is 11.0 Å². The van der Waals surface area contributed by atoms with E-state index in [2.05, 4.69) is 5.32 Å². The summed E-state index contributed by atoms with van der Waals surface area (Å²) in [5.74, 6) is -0.272. The smallest absolute Gasteiger partial charge is 0.407 e. The van der Waals surface area contributed by atoms with Crippen molar-refractivity contribution in [2.75, 3.05) is 18.6 Å². The molecule has 0 saturated heterocycles. The van der Waals surface area contributed by atoms with Crippen LogP contribution in [0.1, 0.15) is 32.8 Å². The zero-order chi connectivity index (χ0) is 17.5. The van der Waals surface area contributed by atoms with E-state index in [0.717, 1.165) is 0 Å². The zero-order valence-electron chi connectivity index (χ0n) is 14.1. The number of carboxylic acid groups (broad SMARTS) is 1. The van der Waals surface area contributed by atoms with Gasteiger partial charge in [0.2, 0.25) is 0 Å². The number of hydrogen-bond acceptors (Lipinski definition) is 4. The topological polar surface area (TPSA) is 75.6 Å². The van der Waals surface area contributed by atoms with E-state index in [9.17, 15) is 14.7 Å². The number of nitrogens with one attached hydrogen (secondary N) is 1. The van der Waals surface area contributed by atoms with Crippen molar-refractivity contribution in [3.63, 3.8) is 0 Å². The summed E-state index contributed by atoms with van der Waals surface area (Å²) in [4.78, 5) is 23.9. The summed E-state index contributed by atoms with van der Waals surface area (Å²) in [6.07, 6.45) is 1.74. The Morgan fingerprint density at radius 1 is 1.22 bits per heavy atom. The first-order valence-electron chi connectivity index (χ1n) is 7.46. The Morgan fingerprint density at radius 3 is 2.30 bits per heavy atom. The highest BCUT2D eigenvalue weighted by molar-refractivity contribution is 7.98. The Hall–Kier alpha value is -1.69. The molecule has 128 valence electrons. The van der Waals surface area contributed by atoms with Crippen LogP contribution in [0.2, 0.25) is 0 Å². The lowest BCUT2D eigenvalue weighted by Gasteiger charge is -2.30. The van der Waals surface area contributed by atoms with E-state index in [4.69, 9.17) is 4.74 Å². The lowest BCUT2D eigenvalue weighted by atomic mass is 9.78. The molecule has 1 unspecified atom stereocenters. The fourth-order valence-corrected chi connectivity index (χ4v) is 2.76. The van der Waals surface area contributed by atoms with Crippen LogP contribution in [0.15, 0.2) is 30.3 Å². The minimum absolute atomic E-state index is 0.0121. The van der Waals surface area contributed by atoms with Crippen molar-refractivity contribution in [1.29, 1.82) is 0 Å². The van der Waals surface area contributed by atoms with Gasteiger partial charge in [-0.2, -0.15) is 11.8 Å². The van der Waals surface area contributed by atoms with Crippen molar-refractivity contribution in [2.24, 2.45) is 0 Å². The summed E-state index contributed by atoms with van der Waals surface area (Å²) in [7, 11) is 0. The highest BCUT2D eigenvalue weighted by Crippen LogP contribution is 2.29. The monoisotopic (exact) mass is 339 g/mol. The van der Waals surface area contributed by atoms with Crippen molar-refractivity contribution in [2.45, 2.75) is 38.2 Å². The Kier molecular flexibility index (Phi) is 6.94. The Morgan fingerprint density at radius 2 is 1.83 bits per heavy atom. The number of rotatable bonds is 7. The van der Waals surface area contributed by atoms with Crippen molar-refractivity contribution in [3.8, 4) is 0 Å². The molecule has 0 radical (unpaired) electrons. The van der Waals surface area contributed by atoms with Crippen LogP contribution in [0.25, 0.3) is 0 Å². The molecule has 2 N–H and O–H groups in total. The Labute approximate surface area is 141 Å². The van der Waals surface area contributed by atoms with Gasteiger partial charge in [-0.15, -0.1) is 0 Å². The fraction of sp³-hybridized carbons (Fsp3) is 0.529. The van der Waals surface area contributed by atoms with Gasteiger partial charge in [-0.1, -0.05) is 30.3 Å². The Bertz CT molecular complexity index is 527. The quantitative estimate of drug-likeness (QED) is 0.797. The molecule has 23 heavy (non-hydrogen) atoms. The average Bonchev–Trinajstić information content (AvgIpc) is 2.46. The number of amides is 1. The number of benzene rings is 1. The maximum absolute atomic E-state index is 12.0. The highest BCUT2D eigenvalue weighted by atomic mass is 32.2. The summed E-state index contributed by atoms with van der Waals surface area (Å²) >= 11 is 1.58. The van der Waals surface area contributed by atoms with Gasteiger partial charge < -0.3 is 15.2 Å². The maximum Gasteiger partial charge on any atom is 0.407 e. The second kappa shape index (κ2) is 8.24. The average molecular weight is 339 g/mol. The lowest BCUT2D eigenvalue weighted by molar-refractivity contribution is -0.143.